The number of hydrogen-bond acceptors (Lipinski definition) is 5. The Hall–Kier alpha value is -1.90. The smallest absolute Gasteiger partial charge is 0.123 e. The van der Waals surface area contributed by atoms with Crippen LogP contribution in [-0.2, 0) is 22.7 Å². The second kappa shape index (κ2) is 9.34. The molecule has 0 bridgehead atoms. The van der Waals surface area contributed by atoms with Crippen LogP contribution in [0.1, 0.15) is 11.1 Å². The molecule has 5 nitrogen and oxygen atoms in total. The minimum Gasteiger partial charge on any atom is -0.388 e. The van der Waals surface area contributed by atoms with Crippen LogP contribution in [0.5, 0.6) is 0 Å². The van der Waals surface area contributed by atoms with E-state index in [0.29, 0.717) is 24.2 Å². The van der Waals surface area contributed by atoms with Crippen molar-refractivity contribution in [2.45, 2.75) is 37.6 Å². The monoisotopic (exact) mass is 379 g/mol. The van der Waals surface area contributed by atoms with Gasteiger partial charge in [0.1, 0.15) is 23.8 Å². The number of aliphatic hydroxyl groups excluding tert-OH is 2. The van der Waals surface area contributed by atoms with E-state index in [4.69, 9.17) is 9.47 Å². The van der Waals surface area contributed by atoms with Crippen LogP contribution in [0.3, 0.4) is 0 Å². The molecule has 2 aromatic carbocycles. The molecule has 1 saturated heterocycles. The number of benzene rings is 2. The zero-order valence-electron chi connectivity index (χ0n) is 14.7. The van der Waals surface area contributed by atoms with E-state index in [2.05, 4.69) is 5.32 Å². The molecule has 4 atom stereocenters. The maximum atomic E-state index is 13.2. The topological polar surface area (TPSA) is 71.0 Å². The van der Waals surface area contributed by atoms with Gasteiger partial charge in [0.05, 0.1) is 25.4 Å². The molecule has 1 aliphatic rings. The van der Waals surface area contributed by atoms with Crippen LogP contribution in [0.4, 0.5) is 8.78 Å². The molecule has 1 heterocycles. The number of nitrogens with one attached hydrogen (secondary N) is 1. The third kappa shape index (κ3) is 5.54. The van der Waals surface area contributed by atoms with Crippen LogP contribution in [-0.4, -0.2) is 47.7 Å². The van der Waals surface area contributed by atoms with Crippen molar-refractivity contribution in [3.8, 4) is 0 Å². The summed E-state index contributed by atoms with van der Waals surface area (Å²) >= 11 is 0. The van der Waals surface area contributed by atoms with Crippen molar-refractivity contribution in [2.24, 2.45) is 0 Å². The zero-order valence-corrected chi connectivity index (χ0v) is 14.7. The fraction of sp³-hybridized carbons (Fsp3) is 0.400. The van der Waals surface area contributed by atoms with Crippen molar-refractivity contribution in [2.75, 3.05) is 13.1 Å². The van der Waals surface area contributed by atoms with Gasteiger partial charge in [-0.15, -0.1) is 0 Å². The van der Waals surface area contributed by atoms with Gasteiger partial charge in [0.25, 0.3) is 0 Å². The van der Waals surface area contributed by atoms with Crippen molar-refractivity contribution >= 4 is 0 Å². The number of aliphatic hydroxyl groups is 2. The number of halogens is 2. The highest BCUT2D eigenvalue weighted by Gasteiger charge is 2.36. The summed E-state index contributed by atoms with van der Waals surface area (Å²) in [4.78, 5) is 0. The van der Waals surface area contributed by atoms with Gasteiger partial charge in [-0.1, -0.05) is 24.3 Å². The Balaban J connectivity index is 1.55. The van der Waals surface area contributed by atoms with E-state index in [1.165, 1.54) is 24.3 Å². The zero-order chi connectivity index (χ0) is 19.2. The van der Waals surface area contributed by atoms with E-state index in [9.17, 15) is 19.0 Å². The van der Waals surface area contributed by atoms with Gasteiger partial charge in [-0.3, -0.25) is 0 Å². The first kappa shape index (κ1) is 19.9. The number of hydrogen-bond donors (Lipinski definition) is 3. The van der Waals surface area contributed by atoms with Gasteiger partial charge in [-0.05, 0) is 35.4 Å². The summed E-state index contributed by atoms with van der Waals surface area (Å²) in [5, 5.41) is 24.0. The molecule has 146 valence electrons. The highest BCUT2D eigenvalue weighted by Crippen LogP contribution is 2.17. The first-order valence-electron chi connectivity index (χ1n) is 8.82. The van der Waals surface area contributed by atoms with E-state index in [1.807, 2.05) is 0 Å². The lowest BCUT2D eigenvalue weighted by Gasteiger charge is -2.27. The lowest BCUT2D eigenvalue weighted by atomic mass is 10.0. The molecule has 4 unspecified atom stereocenters. The molecule has 3 rings (SSSR count). The van der Waals surface area contributed by atoms with E-state index < -0.39 is 24.4 Å². The first-order valence-corrected chi connectivity index (χ1v) is 8.82. The number of rotatable bonds is 6. The molecular weight excluding hydrogens is 356 g/mol. The summed E-state index contributed by atoms with van der Waals surface area (Å²) in [6.45, 7) is 0.853. The summed E-state index contributed by atoms with van der Waals surface area (Å²) in [6.07, 6.45) is -3.70. The summed E-state index contributed by atoms with van der Waals surface area (Å²) in [7, 11) is 0. The molecule has 0 radical (unpaired) electrons. The van der Waals surface area contributed by atoms with Crippen LogP contribution in [0.2, 0.25) is 0 Å². The predicted molar refractivity (Wildman–Crippen MR) is 94.8 cm³/mol. The average molecular weight is 379 g/mol. The third-order valence-electron chi connectivity index (χ3n) is 4.51. The van der Waals surface area contributed by atoms with Crippen LogP contribution in [0.25, 0.3) is 0 Å². The summed E-state index contributed by atoms with van der Waals surface area (Å²) in [5.74, 6) is -0.719. The van der Waals surface area contributed by atoms with Gasteiger partial charge in [0, 0.05) is 13.1 Å². The maximum Gasteiger partial charge on any atom is 0.123 e. The van der Waals surface area contributed by atoms with E-state index >= 15 is 0 Å². The minimum atomic E-state index is -1.17. The quantitative estimate of drug-likeness (QED) is 0.714. The maximum absolute atomic E-state index is 13.2. The number of ether oxygens (including phenoxy) is 2. The highest BCUT2D eigenvalue weighted by atomic mass is 19.1. The molecule has 2 aromatic rings. The lowest BCUT2D eigenvalue weighted by Crippen LogP contribution is -2.45. The van der Waals surface area contributed by atoms with Crippen molar-refractivity contribution in [3.05, 3.63) is 71.3 Å². The van der Waals surface area contributed by atoms with Crippen molar-refractivity contribution in [3.63, 3.8) is 0 Å². The van der Waals surface area contributed by atoms with E-state index in [1.54, 1.807) is 24.3 Å². The summed E-state index contributed by atoms with van der Waals surface area (Å²) in [6, 6.07) is 12.0. The molecule has 0 saturated carbocycles. The van der Waals surface area contributed by atoms with Crippen LogP contribution >= 0.6 is 0 Å². The highest BCUT2D eigenvalue weighted by molar-refractivity contribution is 5.16. The van der Waals surface area contributed by atoms with Gasteiger partial charge in [-0.2, -0.15) is 0 Å². The van der Waals surface area contributed by atoms with Crippen LogP contribution < -0.4 is 5.32 Å². The molecule has 0 spiro atoms. The summed E-state index contributed by atoms with van der Waals surface area (Å²) in [5.41, 5.74) is 1.28. The fourth-order valence-corrected chi connectivity index (χ4v) is 3.02. The molecule has 27 heavy (non-hydrogen) atoms. The average Bonchev–Trinajstić information content (AvgIpc) is 2.78. The first-order chi connectivity index (χ1) is 13.0. The molecular formula is C20H23F2NO4. The molecule has 0 aliphatic carbocycles. The minimum absolute atomic E-state index is 0.114. The van der Waals surface area contributed by atoms with Crippen molar-refractivity contribution < 1.29 is 28.5 Å². The van der Waals surface area contributed by atoms with E-state index in [-0.39, 0.29) is 24.8 Å². The third-order valence-corrected chi connectivity index (χ3v) is 4.51. The SMILES string of the molecule is OC1C(OCc2cccc(F)c2)CNCC(OCc2cccc(F)c2)C1O. The molecule has 1 fully saturated rings. The molecule has 1 aliphatic heterocycles. The van der Waals surface area contributed by atoms with Gasteiger partial charge in [-0.25, -0.2) is 8.78 Å². The van der Waals surface area contributed by atoms with Crippen molar-refractivity contribution in [1.29, 1.82) is 0 Å². The predicted octanol–water partition coefficient (Wildman–Crippen LogP) is 1.76. The molecule has 7 heteroatoms. The fourth-order valence-electron chi connectivity index (χ4n) is 3.02. The van der Waals surface area contributed by atoms with Gasteiger partial charge in [0.2, 0.25) is 0 Å². The van der Waals surface area contributed by atoms with Crippen LogP contribution in [0.15, 0.2) is 48.5 Å². The Morgan fingerprint density at radius 3 is 1.67 bits per heavy atom. The van der Waals surface area contributed by atoms with Gasteiger partial charge in [0.15, 0.2) is 0 Å². The van der Waals surface area contributed by atoms with Gasteiger partial charge >= 0.3 is 0 Å². The van der Waals surface area contributed by atoms with Crippen LogP contribution in [0, 0.1) is 11.6 Å². The standard InChI is InChI=1S/C20H23F2NO4/c21-15-5-1-3-13(7-15)11-26-17-9-23-10-18(20(25)19(17)24)27-12-14-4-2-6-16(22)8-14/h1-8,17-20,23-25H,9-12H2. The Bertz CT molecular complexity index is 684. The lowest BCUT2D eigenvalue weighted by molar-refractivity contribution is -0.128. The van der Waals surface area contributed by atoms with E-state index in [0.717, 1.165) is 0 Å². The second-order valence-electron chi connectivity index (χ2n) is 6.60. The Morgan fingerprint density at radius 2 is 1.26 bits per heavy atom. The largest absolute Gasteiger partial charge is 0.388 e. The molecule has 3 N–H and O–H groups in total. The molecule has 0 amide bonds. The Morgan fingerprint density at radius 1 is 0.815 bits per heavy atom. The van der Waals surface area contributed by atoms with Crippen molar-refractivity contribution in [1.82, 2.24) is 5.32 Å². The summed E-state index contributed by atoms with van der Waals surface area (Å²) < 4.78 is 37.8. The Kier molecular flexibility index (Phi) is 6.87. The van der Waals surface area contributed by atoms with Gasteiger partial charge < -0.3 is 25.0 Å². The molecule has 0 aromatic heterocycles. The normalized spacial score (nSPS) is 25.9. The second-order valence-corrected chi connectivity index (χ2v) is 6.60. The Labute approximate surface area is 156 Å².